The quantitative estimate of drug-likeness (QED) is 0.727. The number of hydrogen-bond donors (Lipinski definition) is 0. The standard InChI is InChI=1S/C13H16Cl3NO/c1-2-6-17(7-5-14)13(18)9-10-3-4-11(15)12(16)8-10/h3-4,8H,2,5-7,9H2,1H3. The van der Waals surface area contributed by atoms with Gasteiger partial charge in [-0.1, -0.05) is 36.2 Å². The van der Waals surface area contributed by atoms with Gasteiger partial charge in [-0.25, -0.2) is 0 Å². The Balaban J connectivity index is 2.69. The van der Waals surface area contributed by atoms with Crippen LogP contribution in [0.1, 0.15) is 18.9 Å². The molecule has 0 aliphatic heterocycles. The number of carbonyl (C=O) groups excluding carboxylic acids is 1. The van der Waals surface area contributed by atoms with Crippen molar-refractivity contribution >= 4 is 40.7 Å². The van der Waals surface area contributed by atoms with Crippen LogP contribution in [0.4, 0.5) is 0 Å². The number of hydrogen-bond acceptors (Lipinski definition) is 1. The Bertz CT molecular complexity index is 403. The van der Waals surface area contributed by atoms with Crippen LogP contribution in [0.3, 0.4) is 0 Å². The van der Waals surface area contributed by atoms with E-state index in [1.165, 1.54) is 0 Å². The Morgan fingerprint density at radius 2 is 1.94 bits per heavy atom. The molecule has 1 rings (SSSR count). The molecule has 0 saturated heterocycles. The van der Waals surface area contributed by atoms with E-state index < -0.39 is 0 Å². The molecule has 18 heavy (non-hydrogen) atoms. The van der Waals surface area contributed by atoms with E-state index in [0.717, 1.165) is 18.5 Å². The van der Waals surface area contributed by atoms with Crippen LogP contribution in [0, 0.1) is 0 Å². The summed E-state index contributed by atoms with van der Waals surface area (Å²) < 4.78 is 0. The fourth-order valence-corrected chi connectivity index (χ4v) is 2.19. The molecule has 0 aliphatic carbocycles. The maximum Gasteiger partial charge on any atom is 0.227 e. The normalized spacial score (nSPS) is 10.4. The van der Waals surface area contributed by atoms with Crippen LogP contribution in [0.25, 0.3) is 0 Å². The first-order chi connectivity index (χ1) is 8.58. The largest absolute Gasteiger partial charge is 0.341 e. The Morgan fingerprint density at radius 1 is 1.22 bits per heavy atom. The number of benzene rings is 1. The summed E-state index contributed by atoms with van der Waals surface area (Å²) in [6.45, 7) is 3.34. The van der Waals surface area contributed by atoms with Gasteiger partial charge < -0.3 is 4.90 Å². The molecular weight excluding hydrogens is 293 g/mol. The third kappa shape index (κ3) is 4.68. The van der Waals surface area contributed by atoms with E-state index in [2.05, 4.69) is 0 Å². The van der Waals surface area contributed by atoms with Gasteiger partial charge in [0, 0.05) is 19.0 Å². The zero-order chi connectivity index (χ0) is 13.5. The molecule has 100 valence electrons. The van der Waals surface area contributed by atoms with Gasteiger partial charge in [0.05, 0.1) is 16.5 Å². The van der Waals surface area contributed by atoms with E-state index in [9.17, 15) is 4.79 Å². The fraction of sp³-hybridized carbons (Fsp3) is 0.462. The zero-order valence-electron chi connectivity index (χ0n) is 10.3. The maximum absolute atomic E-state index is 12.1. The number of nitrogens with zero attached hydrogens (tertiary/aromatic N) is 1. The monoisotopic (exact) mass is 307 g/mol. The lowest BCUT2D eigenvalue weighted by atomic mass is 10.1. The average Bonchev–Trinajstić information content (AvgIpc) is 2.33. The van der Waals surface area contributed by atoms with Gasteiger partial charge in [-0.2, -0.15) is 0 Å². The van der Waals surface area contributed by atoms with Gasteiger partial charge in [-0.05, 0) is 24.1 Å². The molecule has 0 bridgehead atoms. The van der Waals surface area contributed by atoms with Gasteiger partial charge in [-0.3, -0.25) is 4.79 Å². The van der Waals surface area contributed by atoms with Crippen LogP contribution < -0.4 is 0 Å². The molecule has 0 saturated carbocycles. The number of amides is 1. The second kappa shape index (κ2) is 7.88. The highest BCUT2D eigenvalue weighted by Gasteiger charge is 2.13. The van der Waals surface area contributed by atoms with Gasteiger partial charge in [0.2, 0.25) is 5.91 Å². The zero-order valence-corrected chi connectivity index (χ0v) is 12.5. The Hall–Kier alpha value is -0.440. The molecule has 0 spiro atoms. The second-order valence-corrected chi connectivity index (χ2v) is 5.19. The van der Waals surface area contributed by atoms with Crippen molar-refractivity contribution in [1.29, 1.82) is 0 Å². The molecule has 1 aromatic rings. The highest BCUT2D eigenvalue weighted by atomic mass is 35.5. The first-order valence-corrected chi connectivity index (χ1v) is 7.15. The summed E-state index contributed by atoms with van der Waals surface area (Å²) in [6.07, 6.45) is 1.25. The minimum Gasteiger partial charge on any atom is -0.341 e. The topological polar surface area (TPSA) is 20.3 Å². The molecular formula is C13H16Cl3NO. The van der Waals surface area contributed by atoms with Crippen LogP contribution in [-0.4, -0.2) is 29.8 Å². The summed E-state index contributed by atoms with van der Waals surface area (Å²) in [5.41, 5.74) is 0.866. The average molecular weight is 309 g/mol. The van der Waals surface area contributed by atoms with Gasteiger partial charge in [-0.15, -0.1) is 11.6 Å². The lowest BCUT2D eigenvalue weighted by molar-refractivity contribution is -0.130. The van der Waals surface area contributed by atoms with Crippen molar-refractivity contribution in [2.45, 2.75) is 19.8 Å². The van der Waals surface area contributed by atoms with Crippen LogP contribution >= 0.6 is 34.8 Å². The summed E-state index contributed by atoms with van der Waals surface area (Å²) in [5, 5.41) is 0.973. The van der Waals surface area contributed by atoms with E-state index in [0.29, 0.717) is 28.9 Å². The Kier molecular flexibility index (Phi) is 6.83. The predicted molar refractivity (Wildman–Crippen MR) is 77.8 cm³/mol. The number of carbonyl (C=O) groups is 1. The van der Waals surface area contributed by atoms with Gasteiger partial charge in [0.15, 0.2) is 0 Å². The molecule has 1 amide bonds. The highest BCUT2D eigenvalue weighted by molar-refractivity contribution is 6.42. The van der Waals surface area contributed by atoms with E-state index in [4.69, 9.17) is 34.8 Å². The molecule has 0 aliphatic rings. The van der Waals surface area contributed by atoms with Crippen molar-refractivity contribution in [3.63, 3.8) is 0 Å². The molecule has 0 unspecified atom stereocenters. The van der Waals surface area contributed by atoms with Crippen LogP contribution in [0.15, 0.2) is 18.2 Å². The summed E-state index contributed by atoms with van der Waals surface area (Å²) in [4.78, 5) is 13.9. The van der Waals surface area contributed by atoms with E-state index in [-0.39, 0.29) is 5.91 Å². The summed E-state index contributed by atoms with van der Waals surface area (Å²) in [5.74, 6) is 0.517. The molecule has 1 aromatic carbocycles. The molecule has 2 nitrogen and oxygen atoms in total. The molecule has 5 heteroatoms. The molecule has 0 fully saturated rings. The Morgan fingerprint density at radius 3 is 2.50 bits per heavy atom. The number of rotatable bonds is 6. The summed E-state index contributed by atoms with van der Waals surface area (Å²) in [7, 11) is 0. The van der Waals surface area contributed by atoms with Crippen LogP contribution in [0.2, 0.25) is 10.0 Å². The minimum absolute atomic E-state index is 0.0656. The molecule has 0 aromatic heterocycles. The van der Waals surface area contributed by atoms with Crippen LogP contribution in [0.5, 0.6) is 0 Å². The summed E-state index contributed by atoms with van der Waals surface area (Å²) in [6, 6.07) is 5.25. The number of halogens is 3. The lowest BCUT2D eigenvalue weighted by Gasteiger charge is -2.21. The van der Waals surface area contributed by atoms with Crippen LogP contribution in [-0.2, 0) is 11.2 Å². The van der Waals surface area contributed by atoms with Crippen molar-refractivity contribution in [2.24, 2.45) is 0 Å². The molecule has 0 heterocycles. The van der Waals surface area contributed by atoms with Gasteiger partial charge in [0.25, 0.3) is 0 Å². The minimum atomic E-state index is 0.0656. The van der Waals surface area contributed by atoms with E-state index in [1.807, 2.05) is 13.0 Å². The SMILES string of the molecule is CCCN(CCCl)C(=O)Cc1ccc(Cl)c(Cl)c1. The maximum atomic E-state index is 12.1. The second-order valence-electron chi connectivity index (χ2n) is 4.00. The molecule has 0 radical (unpaired) electrons. The van der Waals surface area contributed by atoms with Gasteiger partial charge in [0.1, 0.15) is 0 Å². The van der Waals surface area contributed by atoms with Crippen molar-refractivity contribution < 1.29 is 4.79 Å². The van der Waals surface area contributed by atoms with Crippen molar-refractivity contribution in [2.75, 3.05) is 19.0 Å². The first-order valence-electron chi connectivity index (χ1n) is 5.86. The molecule has 0 atom stereocenters. The Labute approximate surface area is 123 Å². The smallest absolute Gasteiger partial charge is 0.227 e. The molecule has 0 N–H and O–H groups in total. The van der Waals surface area contributed by atoms with E-state index in [1.54, 1.807) is 17.0 Å². The lowest BCUT2D eigenvalue weighted by Crippen LogP contribution is -2.34. The van der Waals surface area contributed by atoms with Crippen molar-refractivity contribution in [1.82, 2.24) is 4.90 Å². The third-order valence-electron chi connectivity index (χ3n) is 2.54. The number of alkyl halides is 1. The van der Waals surface area contributed by atoms with Gasteiger partial charge >= 0.3 is 0 Å². The van der Waals surface area contributed by atoms with Crippen molar-refractivity contribution in [3.8, 4) is 0 Å². The van der Waals surface area contributed by atoms with Crippen molar-refractivity contribution in [3.05, 3.63) is 33.8 Å². The first kappa shape index (κ1) is 15.6. The third-order valence-corrected chi connectivity index (χ3v) is 3.45. The predicted octanol–water partition coefficient (Wildman–Crippen LogP) is 4.01. The van der Waals surface area contributed by atoms with E-state index >= 15 is 0 Å². The highest BCUT2D eigenvalue weighted by Crippen LogP contribution is 2.23. The summed E-state index contributed by atoms with van der Waals surface area (Å²) >= 11 is 17.4. The fourth-order valence-electron chi connectivity index (χ4n) is 1.67.